The molecule has 31 heavy (non-hydrogen) atoms. The molecule has 0 aromatic heterocycles. The molecular weight excluding hydrogens is 435 g/mol. The lowest BCUT2D eigenvalue weighted by Crippen LogP contribution is -2.12. The van der Waals surface area contributed by atoms with Gasteiger partial charge in [-0.1, -0.05) is 54.6 Å². The Balaban J connectivity index is 2.24. The fraction of sp³-hybridized carbons (Fsp3) is 0.136. The number of benzene rings is 3. The van der Waals surface area contributed by atoms with Crippen LogP contribution in [0.15, 0.2) is 72.8 Å². The second-order valence-electron chi connectivity index (χ2n) is 6.61. The molecule has 0 fully saturated rings. The van der Waals surface area contributed by atoms with Crippen LogP contribution in [0.5, 0.6) is 0 Å². The van der Waals surface area contributed by atoms with E-state index >= 15 is 0 Å². The fourth-order valence-electron chi connectivity index (χ4n) is 3.05. The van der Waals surface area contributed by atoms with Gasteiger partial charge in [0.25, 0.3) is 0 Å². The molecule has 3 rings (SSSR count). The first-order valence-corrected chi connectivity index (χ1v) is 8.66. The first kappa shape index (κ1) is 22.7. The van der Waals surface area contributed by atoms with E-state index in [0.717, 1.165) is 36.4 Å². The molecule has 0 heterocycles. The third-order valence-electron chi connectivity index (χ3n) is 4.44. The molecular formula is C22H12F9. The summed E-state index contributed by atoms with van der Waals surface area (Å²) in [7, 11) is 0. The minimum absolute atomic E-state index is 0.173. The first-order valence-electron chi connectivity index (χ1n) is 8.66. The van der Waals surface area contributed by atoms with Gasteiger partial charge in [0.15, 0.2) is 0 Å². The van der Waals surface area contributed by atoms with E-state index in [9.17, 15) is 39.5 Å². The maximum absolute atomic E-state index is 13.2. The fourth-order valence-corrected chi connectivity index (χ4v) is 3.05. The van der Waals surface area contributed by atoms with Gasteiger partial charge in [-0.2, -0.15) is 39.5 Å². The molecule has 0 N–H and O–H groups in total. The average Bonchev–Trinajstić information content (AvgIpc) is 2.67. The van der Waals surface area contributed by atoms with E-state index in [-0.39, 0.29) is 22.6 Å². The number of hydrogen-bond acceptors (Lipinski definition) is 0. The zero-order valence-electron chi connectivity index (χ0n) is 15.3. The summed E-state index contributed by atoms with van der Waals surface area (Å²) in [5.41, 5.74) is -3.76. The number of halogens is 9. The van der Waals surface area contributed by atoms with E-state index in [2.05, 4.69) is 0 Å². The van der Waals surface area contributed by atoms with E-state index in [1.54, 1.807) is 0 Å². The van der Waals surface area contributed by atoms with Crippen molar-refractivity contribution in [1.29, 1.82) is 0 Å². The standard InChI is InChI=1S/C22H12F9/c23-20(24,25)16-7-1-4-13(10-16)19(14-5-2-8-17(11-14)21(26,27)28)15-6-3-9-18(12-15)22(29,30)31/h1-12H. The van der Waals surface area contributed by atoms with Crippen molar-refractivity contribution >= 4 is 0 Å². The van der Waals surface area contributed by atoms with Crippen LogP contribution in [0.4, 0.5) is 39.5 Å². The second-order valence-corrected chi connectivity index (χ2v) is 6.61. The van der Waals surface area contributed by atoms with Crippen LogP contribution in [0, 0.1) is 5.92 Å². The van der Waals surface area contributed by atoms with Crippen LogP contribution in [0.3, 0.4) is 0 Å². The lowest BCUT2D eigenvalue weighted by Gasteiger charge is -2.21. The van der Waals surface area contributed by atoms with Gasteiger partial charge in [0.2, 0.25) is 0 Å². The molecule has 0 nitrogen and oxygen atoms in total. The third kappa shape index (κ3) is 5.21. The van der Waals surface area contributed by atoms with E-state index in [4.69, 9.17) is 0 Å². The van der Waals surface area contributed by atoms with Gasteiger partial charge < -0.3 is 0 Å². The van der Waals surface area contributed by atoms with E-state index in [1.807, 2.05) is 0 Å². The molecule has 3 aromatic carbocycles. The van der Waals surface area contributed by atoms with Crippen molar-refractivity contribution < 1.29 is 39.5 Å². The largest absolute Gasteiger partial charge is 0.416 e. The molecule has 0 amide bonds. The minimum atomic E-state index is -4.75. The molecule has 0 saturated carbocycles. The molecule has 0 bridgehead atoms. The first-order chi connectivity index (χ1) is 14.3. The van der Waals surface area contributed by atoms with Crippen LogP contribution < -0.4 is 0 Å². The molecule has 0 atom stereocenters. The summed E-state index contributed by atoms with van der Waals surface area (Å²) in [5, 5.41) is 0. The summed E-state index contributed by atoms with van der Waals surface area (Å²) in [4.78, 5) is 0. The van der Waals surface area contributed by atoms with Crippen molar-refractivity contribution in [3.8, 4) is 0 Å². The van der Waals surface area contributed by atoms with Gasteiger partial charge in [0.05, 0.1) is 22.6 Å². The van der Waals surface area contributed by atoms with Crippen molar-refractivity contribution in [3.63, 3.8) is 0 Å². The Morgan fingerprint density at radius 3 is 0.903 bits per heavy atom. The molecule has 0 unspecified atom stereocenters. The van der Waals surface area contributed by atoms with Gasteiger partial charge in [-0.15, -0.1) is 0 Å². The van der Waals surface area contributed by atoms with Crippen LogP contribution in [0.25, 0.3) is 0 Å². The summed E-state index contributed by atoms with van der Waals surface area (Å²) in [5.74, 6) is -0.191. The Bertz CT molecular complexity index is 923. The van der Waals surface area contributed by atoms with Crippen molar-refractivity contribution in [2.75, 3.05) is 0 Å². The lowest BCUT2D eigenvalue weighted by molar-refractivity contribution is -0.138. The van der Waals surface area contributed by atoms with Crippen molar-refractivity contribution in [2.24, 2.45) is 0 Å². The molecule has 0 spiro atoms. The van der Waals surface area contributed by atoms with E-state index in [0.29, 0.717) is 18.2 Å². The summed E-state index contributed by atoms with van der Waals surface area (Å²) >= 11 is 0. The highest BCUT2D eigenvalue weighted by Gasteiger charge is 2.35. The molecule has 0 saturated heterocycles. The van der Waals surface area contributed by atoms with Crippen LogP contribution in [0.2, 0.25) is 0 Å². The van der Waals surface area contributed by atoms with Gasteiger partial charge in [-0.05, 0) is 34.9 Å². The SMILES string of the molecule is FC(F)(F)c1cccc([C](c2cccc(C(F)(F)F)c2)c2cccc(C(F)(F)F)c2)c1. The lowest BCUT2D eigenvalue weighted by atomic mass is 9.83. The Morgan fingerprint density at radius 2 is 0.677 bits per heavy atom. The highest BCUT2D eigenvalue weighted by molar-refractivity contribution is 5.59. The molecule has 0 aliphatic rings. The maximum Gasteiger partial charge on any atom is 0.416 e. The maximum atomic E-state index is 13.2. The third-order valence-corrected chi connectivity index (χ3v) is 4.44. The smallest absolute Gasteiger partial charge is 0.166 e. The van der Waals surface area contributed by atoms with Crippen LogP contribution >= 0.6 is 0 Å². The number of rotatable bonds is 3. The van der Waals surface area contributed by atoms with Gasteiger partial charge in [0, 0.05) is 0 Å². The molecule has 3 aromatic rings. The zero-order chi connectivity index (χ0) is 23.0. The van der Waals surface area contributed by atoms with Crippen molar-refractivity contribution in [1.82, 2.24) is 0 Å². The highest BCUT2D eigenvalue weighted by Crippen LogP contribution is 2.39. The van der Waals surface area contributed by atoms with Gasteiger partial charge in [-0.3, -0.25) is 0 Å². The highest BCUT2D eigenvalue weighted by atomic mass is 19.4. The van der Waals surface area contributed by atoms with E-state index < -0.39 is 35.2 Å². The Morgan fingerprint density at radius 1 is 0.419 bits per heavy atom. The quantitative estimate of drug-likeness (QED) is 0.284. The van der Waals surface area contributed by atoms with Crippen molar-refractivity contribution in [3.05, 3.63) is 112 Å². The molecule has 1 radical (unpaired) electrons. The second kappa shape index (κ2) is 7.94. The summed E-state index contributed by atoms with van der Waals surface area (Å²) in [6.45, 7) is 0. The van der Waals surface area contributed by atoms with Gasteiger partial charge in [-0.25, -0.2) is 0 Å². The van der Waals surface area contributed by atoms with E-state index in [1.165, 1.54) is 18.2 Å². The average molecular weight is 447 g/mol. The summed E-state index contributed by atoms with van der Waals surface area (Å²) in [6, 6.07) is 11.1. The molecule has 0 aliphatic heterocycles. The topological polar surface area (TPSA) is 0 Å². The number of hydrogen-bond donors (Lipinski definition) is 0. The molecule has 9 heteroatoms. The number of alkyl halides is 9. The van der Waals surface area contributed by atoms with Gasteiger partial charge >= 0.3 is 18.5 Å². The normalized spacial score (nSPS) is 13.0. The Kier molecular flexibility index (Phi) is 5.82. The monoisotopic (exact) mass is 447 g/mol. The Labute approximate surface area is 170 Å². The van der Waals surface area contributed by atoms with Crippen molar-refractivity contribution in [2.45, 2.75) is 18.5 Å². The molecule has 163 valence electrons. The van der Waals surface area contributed by atoms with Gasteiger partial charge in [0.1, 0.15) is 0 Å². The Hall–Kier alpha value is -2.97. The summed E-state index contributed by atoms with van der Waals surface area (Å²) < 4.78 is 119. The van der Waals surface area contributed by atoms with Crippen LogP contribution in [-0.4, -0.2) is 0 Å². The zero-order valence-corrected chi connectivity index (χ0v) is 15.3. The summed E-state index contributed by atoms with van der Waals surface area (Å²) in [6.07, 6.45) is -14.2. The predicted octanol–water partition coefficient (Wildman–Crippen LogP) is 7.76. The minimum Gasteiger partial charge on any atom is -0.166 e. The molecule has 0 aliphatic carbocycles. The van der Waals surface area contributed by atoms with Crippen LogP contribution in [0.1, 0.15) is 33.4 Å². The van der Waals surface area contributed by atoms with Crippen LogP contribution in [-0.2, 0) is 18.5 Å². The predicted molar refractivity (Wildman–Crippen MR) is 94.9 cm³/mol.